The van der Waals surface area contributed by atoms with Crippen molar-refractivity contribution in [3.05, 3.63) is 47.0 Å². The lowest BCUT2D eigenvalue weighted by atomic mass is 9.93. The molecule has 5 nitrogen and oxygen atoms in total. The van der Waals surface area contributed by atoms with E-state index in [1.54, 1.807) is 28.4 Å². The minimum atomic E-state index is 0.213. The van der Waals surface area contributed by atoms with E-state index in [0.29, 0.717) is 0 Å². The first-order valence-electron chi connectivity index (χ1n) is 8.89. The zero-order valence-corrected chi connectivity index (χ0v) is 15.9. The largest absolute Gasteiger partial charge is 0.493 e. The minimum absolute atomic E-state index is 0.213. The summed E-state index contributed by atoms with van der Waals surface area (Å²) in [5, 5.41) is 3.67. The SMILES string of the molecule is COc1ccc(CC2NCCCc3cc(OC)c(OC)cc32)cc1OC. The van der Waals surface area contributed by atoms with Crippen molar-refractivity contribution in [1.29, 1.82) is 0 Å². The van der Waals surface area contributed by atoms with E-state index in [0.717, 1.165) is 48.8 Å². The molecule has 1 N–H and O–H groups in total. The van der Waals surface area contributed by atoms with Crippen LogP contribution in [0.15, 0.2) is 30.3 Å². The number of hydrogen-bond donors (Lipinski definition) is 1. The third-order valence-corrected chi connectivity index (χ3v) is 4.92. The van der Waals surface area contributed by atoms with E-state index in [1.807, 2.05) is 12.1 Å². The molecule has 0 aliphatic carbocycles. The molecule has 0 aromatic heterocycles. The van der Waals surface area contributed by atoms with Crippen LogP contribution in [-0.4, -0.2) is 35.0 Å². The van der Waals surface area contributed by atoms with Crippen LogP contribution in [0.4, 0.5) is 0 Å². The maximum absolute atomic E-state index is 5.52. The molecule has 2 aromatic carbocycles. The quantitative estimate of drug-likeness (QED) is 0.857. The van der Waals surface area contributed by atoms with Gasteiger partial charge in [0.1, 0.15) is 0 Å². The van der Waals surface area contributed by atoms with E-state index in [1.165, 1.54) is 16.7 Å². The second kappa shape index (κ2) is 8.32. The molecule has 26 heavy (non-hydrogen) atoms. The number of fused-ring (bicyclic) bond motifs is 1. The Morgan fingerprint density at radius 2 is 1.50 bits per heavy atom. The zero-order valence-electron chi connectivity index (χ0n) is 15.9. The molecule has 1 heterocycles. The number of ether oxygens (including phenoxy) is 4. The molecule has 0 amide bonds. The van der Waals surface area contributed by atoms with Crippen LogP contribution >= 0.6 is 0 Å². The first kappa shape index (κ1) is 18.4. The molecule has 1 aliphatic heterocycles. The van der Waals surface area contributed by atoms with Crippen LogP contribution in [0.1, 0.15) is 29.2 Å². The van der Waals surface area contributed by atoms with Crippen LogP contribution < -0.4 is 24.3 Å². The Morgan fingerprint density at radius 3 is 2.19 bits per heavy atom. The normalized spacial score (nSPS) is 16.4. The smallest absolute Gasteiger partial charge is 0.161 e. The Bertz CT molecular complexity index is 760. The lowest BCUT2D eigenvalue weighted by Crippen LogP contribution is -2.23. The summed E-state index contributed by atoms with van der Waals surface area (Å²) < 4.78 is 21.8. The van der Waals surface area contributed by atoms with Gasteiger partial charge in [-0.05, 0) is 66.8 Å². The maximum atomic E-state index is 5.52. The molecule has 0 spiro atoms. The molecule has 5 heteroatoms. The summed E-state index contributed by atoms with van der Waals surface area (Å²) >= 11 is 0. The van der Waals surface area contributed by atoms with Crippen LogP contribution in [0.25, 0.3) is 0 Å². The van der Waals surface area contributed by atoms with Crippen LogP contribution in [0.2, 0.25) is 0 Å². The number of rotatable bonds is 6. The Kier molecular flexibility index (Phi) is 5.89. The highest BCUT2D eigenvalue weighted by Gasteiger charge is 2.22. The summed E-state index contributed by atoms with van der Waals surface area (Å²) in [6.07, 6.45) is 3.00. The molecule has 0 saturated carbocycles. The molecule has 0 radical (unpaired) electrons. The number of nitrogens with one attached hydrogen (secondary N) is 1. The molecule has 0 fully saturated rings. The molecule has 3 rings (SSSR count). The van der Waals surface area contributed by atoms with Gasteiger partial charge >= 0.3 is 0 Å². The summed E-state index contributed by atoms with van der Waals surface area (Å²) in [5.74, 6) is 3.06. The lowest BCUT2D eigenvalue weighted by Gasteiger charge is -2.21. The molecule has 0 saturated heterocycles. The van der Waals surface area contributed by atoms with Gasteiger partial charge in [-0.25, -0.2) is 0 Å². The lowest BCUT2D eigenvalue weighted by molar-refractivity contribution is 0.353. The fourth-order valence-electron chi connectivity index (χ4n) is 3.57. The first-order chi connectivity index (χ1) is 12.7. The number of methoxy groups -OCH3 is 4. The van der Waals surface area contributed by atoms with Gasteiger partial charge in [-0.3, -0.25) is 0 Å². The van der Waals surface area contributed by atoms with E-state index in [4.69, 9.17) is 18.9 Å². The minimum Gasteiger partial charge on any atom is -0.493 e. The van der Waals surface area contributed by atoms with Gasteiger partial charge in [0.25, 0.3) is 0 Å². The number of benzene rings is 2. The molecule has 1 aliphatic rings. The second-order valence-electron chi connectivity index (χ2n) is 6.41. The van der Waals surface area contributed by atoms with Crippen LogP contribution in [-0.2, 0) is 12.8 Å². The second-order valence-corrected chi connectivity index (χ2v) is 6.41. The van der Waals surface area contributed by atoms with Crippen molar-refractivity contribution in [3.8, 4) is 23.0 Å². The summed E-state index contributed by atoms with van der Waals surface area (Å²) in [6.45, 7) is 0.983. The summed E-state index contributed by atoms with van der Waals surface area (Å²) in [4.78, 5) is 0. The van der Waals surface area contributed by atoms with Crippen molar-refractivity contribution < 1.29 is 18.9 Å². The highest BCUT2D eigenvalue weighted by Crippen LogP contribution is 2.37. The van der Waals surface area contributed by atoms with E-state index in [-0.39, 0.29) is 6.04 Å². The molecular formula is C21H27NO4. The average molecular weight is 357 g/mol. The highest BCUT2D eigenvalue weighted by molar-refractivity contribution is 5.50. The fourth-order valence-corrected chi connectivity index (χ4v) is 3.57. The number of hydrogen-bond acceptors (Lipinski definition) is 5. The van der Waals surface area contributed by atoms with Gasteiger partial charge in [-0.15, -0.1) is 0 Å². The Hall–Kier alpha value is -2.40. The van der Waals surface area contributed by atoms with Gasteiger partial charge < -0.3 is 24.3 Å². The van der Waals surface area contributed by atoms with Crippen molar-refractivity contribution in [2.45, 2.75) is 25.3 Å². The fraction of sp³-hybridized carbons (Fsp3) is 0.429. The molecule has 1 unspecified atom stereocenters. The van der Waals surface area contributed by atoms with Crippen molar-refractivity contribution in [2.24, 2.45) is 0 Å². The monoisotopic (exact) mass is 357 g/mol. The highest BCUT2D eigenvalue weighted by atomic mass is 16.5. The maximum Gasteiger partial charge on any atom is 0.161 e. The van der Waals surface area contributed by atoms with Gasteiger partial charge in [0, 0.05) is 6.04 Å². The van der Waals surface area contributed by atoms with Crippen LogP contribution in [0.5, 0.6) is 23.0 Å². The Morgan fingerprint density at radius 1 is 0.846 bits per heavy atom. The Labute approximate surface area is 155 Å². The van der Waals surface area contributed by atoms with E-state index < -0.39 is 0 Å². The van der Waals surface area contributed by atoms with Crippen molar-refractivity contribution in [1.82, 2.24) is 5.32 Å². The topological polar surface area (TPSA) is 49.0 Å². The van der Waals surface area contributed by atoms with Crippen molar-refractivity contribution in [2.75, 3.05) is 35.0 Å². The predicted octanol–water partition coefficient (Wildman–Crippen LogP) is 3.54. The zero-order chi connectivity index (χ0) is 18.5. The number of aryl methyl sites for hydroxylation is 1. The molecule has 1 atom stereocenters. The molecule has 140 valence electrons. The summed E-state index contributed by atoms with van der Waals surface area (Å²) in [5.41, 5.74) is 3.79. The molecule has 0 bridgehead atoms. The molecular weight excluding hydrogens is 330 g/mol. The van der Waals surface area contributed by atoms with Gasteiger partial charge in [0.05, 0.1) is 28.4 Å². The van der Waals surface area contributed by atoms with Gasteiger partial charge in [0.15, 0.2) is 23.0 Å². The van der Waals surface area contributed by atoms with E-state index >= 15 is 0 Å². The average Bonchev–Trinajstić information content (AvgIpc) is 2.88. The van der Waals surface area contributed by atoms with Gasteiger partial charge in [0.2, 0.25) is 0 Å². The third-order valence-electron chi connectivity index (χ3n) is 4.92. The van der Waals surface area contributed by atoms with Gasteiger partial charge in [-0.2, -0.15) is 0 Å². The first-order valence-corrected chi connectivity index (χ1v) is 8.89. The molecule has 2 aromatic rings. The van der Waals surface area contributed by atoms with Gasteiger partial charge in [-0.1, -0.05) is 6.07 Å². The standard InChI is InChI=1S/C21H27NO4/c1-23-18-8-7-14(11-19(18)24-2)10-17-16-13-21(26-4)20(25-3)12-15(16)6-5-9-22-17/h7-8,11-13,17,22H,5-6,9-10H2,1-4H3. The summed E-state index contributed by atoms with van der Waals surface area (Å²) in [7, 11) is 6.68. The van der Waals surface area contributed by atoms with Crippen LogP contribution in [0, 0.1) is 0 Å². The van der Waals surface area contributed by atoms with Crippen molar-refractivity contribution >= 4 is 0 Å². The van der Waals surface area contributed by atoms with Crippen LogP contribution in [0.3, 0.4) is 0 Å². The Balaban J connectivity index is 1.94. The predicted molar refractivity (Wildman–Crippen MR) is 102 cm³/mol. The third kappa shape index (κ3) is 3.73. The summed E-state index contributed by atoms with van der Waals surface area (Å²) in [6, 6.07) is 10.5. The van der Waals surface area contributed by atoms with Crippen molar-refractivity contribution in [3.63, 3.8) is 0 Å². The van der Waals surface area contributed by atoms with E-state index in [9.17, 15) is 0 Å². The van der Waals surface area contributed by atoms with E-state index in [2.05, 4.69) is 23.5 Å².